The number of amides is 2. The van der Waals surface area contributed by atoms with Gasteiger partial charge in [-0.05, 0) is 17.7 Å². The van der Waals surface area contributed by atoms with Gasteiger partial charge in [-0.1, -0.05) is 35.5 Å². The number of hydrogen-bond donors (Lipinski definition) is 1. The highest BCUT2D eigenvalue weighted by Gasteiger charge is 2.37. The molecule has 0 saturated carbocycles. The summed E-state index contributed by atoms with van der Waals surface area (Å²) in [6.07, 6.45) is 2.56. The quantitative estimate of drug-likeness (QED) is 0.713. The Morgan fingerprint density at radius 3 is 2.83 bits per heavy atom. The molecule has 2 atom stereocenters. The summed E-state index contributed by atoms with van der Waals surface area (Å²) in [7, 11) is 1.66. The molecule has 3 heterocycles. The van der Waals surface area contributed by atoms with Gasteiger partial charge in [0.05, 0.1) is 12.6 Å². The third-order valence-corrected chi connectivity index (χ3v) is 4.70. The number of benzene rings is 1. The number of rotatable bonds is 5. The van der Waals surface area contributed by atoms with Crippen molar-refractivity contribution in [3.05, 3.63) is 72.2 Å². The van der Waals surface area contributed by atoms with Crippen molar-refractivity contribution in [2.45, 2.75) is 18.7 Å². The number of nitrogens with zero attached hydrogens (tertiary/aromatic N) is 3. The number of hydrogen-bond acceptors (Lipinski definition) is 6. The second-order valence-corrected chi connectivity index (χ2v) is 6.80. The van der Waals surface area contributed by atoms with Gasteiger partial charge in [-0.3, -0.25) is 14.6 Å². The molecule has 1 aliphatic rings. The van der Waals surface area contributed by atoms with E-state index in [-0.39, 0.29) is 25.0 Å². The lowest BCUT2D eigenvalue weighted by Gasteiger charge is -2.33. The van der Waals surface area contributed by atoms with Crippen LogP contribution in [0.5, 0.6) is 0 Å². The van der Waals surface area contributed by atoms with E-state index in [0.717, 1.165) is 11.1 Å². The molecule has 4 rings (SSSR count). The normalized spacial score (nSPS) is 18.9. The van der Waals surface area contributed by atoms with Crippen LogP contribution in [0.1, 0.15) is 17.4 Å². The zero-order chi connectivity index (χ0) is 20.2. The van der Waals surface area contributed by atoms with Crippen molar-refractivity contribution in [3.8, 4) is 11.3 Å². The Kier molecular flexibility index (Phi) is 5.35. The smallest absolute Gasteiger partial charge is 0.254 e. The van der Waals surface area contributed by atoms with E-state index in [1.807, 2.05) is 42.5 Å². The van der Waals surface area contributed by atoms with Gasteiger partial charge >= 0.3 is 0 Å². The van der Waals surface area contributed by atoms with Crippen LogP contribution >= 0.6 is 0 Å². The highest BCUT2D eigenvalue weighted by molar-refractivity contribution is 5.86. The van der Waals surface area contributed by atoms with Crippen molar-refractivity contribution in [2.75, 3.05) is 13.7 Å². The van der Waals surface area contributed by atoms with Gasteiger partial charge < -0.3 is 19.5 Å². The predicted molar refractivity (Wildman–Crippen MR) is 103 cm³/mol. The summed E-state index contributed by atoms with van der Waals surface area (Å²) in [6, 6.07) is 14.2. The third kappa shape index (κ3) is 4.17. The van der Waals surface area contributed by atoms with Gasteiger partial charge in [-0.2, -0.15) is 0 Å². The number of carbonyl (C=O) groups excluding carboxylic acids is 2. The third-order valence-electron chi connectivity index (χ3n) is 4.70. The minimum atomic E-state index is -0.819. The Morgan fingerprint density at radius 1 is 1.24 bits per heavy atom. The van der Waals surface area contributed by atoms with E-state index in [0.29, 0.717) is 11.5 Å². The van der Waals surface area contributed by atoms with Gasteiger partial charge in [0.15, 0.2) is 11.9 Å². The van der Waals surface area contributed by atoms with E-state index in [9.17, 15) is 9.59 Å². The first-order chi connectivity index (χ1) is 14.1. The molecule has 3 aromatic rings. The van der Waals surface area contributed by atoms with Gasteiger partial charge in [0, 0.05) is 31.1 Å². The minimum Gasteiger partial charge on any atom is -0.359 e. The van der Waals surface area contributed by atoms with Gasteiger partial charge in [0.25, 0.3) is 5.91 Å². The zero-order valence-corrected chi connectivity index (χ0v) is 15.8. The van der Waals surface area contributed by atoms with E-state index >= 15 is 0 Å². The second kappa shape index (κ2) is 8.24. The summed E-state index contributed by atoms with van der Waals surface area (Å²) < 4.78 is 11.0. The number of likely N-dealkylation sites (N-methyl/N-ethyl adjacent to an activating group) is 1. The number of carbonyl (C=O) groups is 2. The SMILES string of the molecule is CN(Cc1cc(-c2cccnc2)no1)C(=O)[C@H]1OCC(=O)N[C@@H]1c1ccccc1. The molecule has 1 fully saturated rings. The monoisotopic (exact) mass is 392 g/mol. The van der Waals surface area contributed by atoms with E-state index in [2.05, 4.69) is 15.5 Å². The Morgan fingerprint density at radius 2 is 2.07 bits per heavy atom. The zero-order valence-electron chi connectivity index (χ0n) is 15.8. The van der Waals surface area contributed by atoms with E-state index in [4.69, 9.17) is 9.26 Å². The lowest BCUT2D eigenvalue weighted by atomic mass is 9.99. The number of ether oxygens (including phenoxy) is 1. The highest BCUT2D eigenvalue weighted by Crippen LogP contribution is 2.25. The fraction of sp³-hybridized carbons (Fsp3) is 0.238. The molecule has 0 unspecified atom stereocenters. The van der Waals surface area contributed by atoms with Crippen LogP contribution in [-0.4, -0.2) is 46.6 Å². The molecule has 1 aromatic carbocycles. The van der Waals surface area contributed by atoms with Crippen LogP contribution in [0, 0.1) is 0 Å². The van der Waals surface area contributed by atoms with Gasteiger partial charge in [0.1, 0.15) is 12.3 Å². The topological polar surface area (TPSA) is 97.6 Å². The van der Waals surface area contributed by atoms with E-state index in [1.165, 1.54) is 4.90 Å². The molecule has 2 amide bonds. The fourth-order valence-corrected chi connectivity index (χ4v) is 3.25. The van der Waals surface area contributed by atoms with E-state index < -0.39 is 12.1 Å². The van der Waals surface area contributed by atoms with Crippen LogP contribution in [-0.2, 0) is 20.9 Å². The summed E-state index contributed by atoms with van der Waals surface area (Å²) in [5.41, 5.74) is 2.29. The molecule has 0 aliphatic carbocycles. The molecule has 8 nitrogen and oxygen atoms in total. The first-order valence-corrected chi connectivity index (χ1v) is 9.18. The van der Waals surface area contributed by atoms with Crippen molar-refractivity contribution in [2.24, 2.45) is 0 Å². The molecular weight excluding hydrogens is 372 g/mol. The van der Waals surface area contributed by atoms with Crippen molar-refractivity contribution in [3.63, 3.8) is 0 Å². The van der Waals surface area contributed by atoms with Gasteiger partial charge in [0.2, 0.25) is 5.91 Å². The molecule has 1 aliphatic heterocycles. The summed E-state index contributed by atoms with van der Waals surface area (Å²) in [4.78, 5) is 30.4. The van der Waals surface area contributed by atoms with Crippen LogP contribution in [0.15, 0.2) is 65.4 Å². The minimum absolute atomic E-state index is 0.152. The number of nitrogens with one attached hydrogen (secondary N) is 1. The molecule has 2 aromatic heterocycles. The number of morpholine rings is 1. The van der Waals surface area contributed by atoms with E-state index in [1.54, 1.807) is 25.5 Å². The van der Waals surface area contributed by atoms with Crippen molar-refractivity contribution >= 4 is 11.8 Å². The molecule has 0 spiro atoms. The second-order valence-electron chi connectivity index (χ2n) is 6.80. The van der Waals surface area contributed by atoms with Crippen molar-refractivity contribution in [1.29, 1.82) is 0 Å². The maximum atomic E-state index is 13.0. The maximum absolute atomic E-state index is 13.0. The molecule has 0 radical (unpaired) electrons. The first-order valence-electron chi connectivity index (χ1n) is 9.18. The molecular formula is C21H20N4O4. The summed E-state index contributed by atoms with van der Waals surface area (Å²) in [5, 5.41) is 6.90. The Bertz CT molecular complexity index is 990. The van der Waals surface area contributed by atoms with Crippen molar-refractivity contribution < 1.29 is 18.8 Å². The van der Waals surface area contributed by atoms with Crippen LogP contribution in [0.3, 0.4) is 0 Å². The van der Waals surface area contributed by atoms with Crippen LogP contribution in [0.4, 0.5) is 0 Å². The molecule has 148 valence electrons. The van der Waals surface area contributed by atoms with Crippen molar-refractivity contribution in [1.82, 2.24) is 20.4 Å². The molecule has 0 bridgehead atoms. The van der Waals surface area contributed by atoms with Crippen LogP contribution < -0.4 is 5.32 Å². The average molecular weight is 392 g/mol. The largest absolute Gasteiger partial charge is 0.359 e. The Labute approximate surface area is 167 Å². The molecule has 8 heteroatoms. The highest BCUT2D eigenvalue weighted by atomic mass is 16.5. The first kappa shape index (κ1) is 18.8. The average Bonchev–Trinajstić information content (AvgIpc) is 3.23. The van der Waals surface area contributed by atoms with Gasteiger partial charge in [-0.25, -0.2) is 0 Å². The van der Waals surface area contributed by atoms with Gasteiger partial charge in [-0.15, -0.1) is 0 Å². The molecule has 29 heavy (non-hydrogen) atoms. The number of aromatic nitrogens is 2. The van der Waals surface area contributed by atoms with Crippen LogP contribution in [0.25, 0.3) is 11.3 Å². The standard InChI is InChI=1S/C21H20N4O4/c1-25(12-16-10-17(24-29-16)15-8-5-9-22-11-15)21(27)20-19(23-18(26)13-28-20)14-6-3-2-4-7-14/h2-11,19-20H,12-13H2,1H3,(H,23,26)/t19-,20+/m1/s1. The lowest BCUT2D eigenvalue weighted by Crippen LogP contribution is -2.52. The summed E-state index contributed by atoms with van der Waals surface area (Å²) in [6.45, 7) is 0.0719. The Hall–Kier alpha value is -3.52. The van der Waals surface area contributed by atoms with Crippen LogP contribution in [0.2, 0.25) is 0 Å². The number of pyridine rings is 1. The summed E-state index contributed by atoms with van der Waals surface area (Å²) >= 11 is 0. The maximum Gasteiger partial charge on any atom is 0.254 e. The molecule has 1 saturated heterocycles. The Balaban J connectivity index is 1.48. The predicted octanol–water partition coefficient (Wildman–Crippen LogP) is 1.95. The summed E-state index contributed by atoms with van der Waals surface area (Å²) in [5.74, 6) is 0.0379. The molecule has 1 N–H and O–H groups in total. The fourth-order valence-electron chi connectivity index (χ4n) is 3.25. The lowest BCUT2D eigenvalue weighted by molar-refractivity contribution is -0.154.